The van der Waals surface area contributed by atoms with E-state index in [2.05, 4.69) is 25.7 Å². The molecule has 1 heterocycles. The minimum absolute atomic E-state index is 0.0185. The van der Waals surface area contributed by atoms with Gasteiger partial charge in [-0.15, -0.1) is 6.58 Å². The molecule has 3 unspecified atom stereocenters. The van der Waals surface area contributed by atoms with Crippen LogP contribution in [0.25, 0.3) is 0 Å². The predicted octanol–water partition coefficient (Wildman–Crippen LogP) is 1.72. The molecule has 2 heteroatoms. The summed E-state index contributed by atoms with van der Waals surface area (Å²) < 4.78 is 0. The first-order valence-corrected chi connectivity index (χ1v) is 4.56. The van der Waals surface area contributed by atoms with Crippen LogP contribution in [0.4, 0.5) is 0 Å². The quantitative estimate of drug-likeness (QED) is 0.592. The van der Waals surface area contributed by atoms with Gasteiger partial charge in [-0.1, -0.05) is 13.0 Å². The highest BCUT2D eigenvalue weighted by molar-refractivity contribution is 5.80. The fourth-order valence-electron chi connectivity index (χ4n) is 1.85. The highest BCUT2D eigenvalue weighted by atomic mass is 16.1. The van der Waals surface area contributed by atoms with Gasteiger partial charge in [0.2, 0.25) is 5.91 Å². The van der Waals surface area contributed by atoms with Gasteiger partial charge >= 0.3 is 0 Å². The van der Waals surface area contributed by atoms with Crippen LogP contribution < -0.4 is 5.32 Å². The molecule has 1 aliphatic rings. The van der Waals surface area contributed by atoms with E-state index in [1.807, 2.05) is 0 Å². The minimum Gasteiger partial charge on any atom is -0.353 e. The first-order valence-electron chi connectivity index (χ1n) is 4.56. The first kappa shape index (κ1) is 9.30. The van der Waals surface area contributed by atoms with Crippen LogP contribution in [0.1, 0.15) is 26.7 Å². The maximum atomic E-state index is 11.4. The molecule has 1 aliphatic heterocycles. The molecular weight excluding hydrogens is 150 g/mol. The summed E-state index contributed by atoms with van der Waals surface area (Å²) in [6.45, 7) is 7.92. The third kappa shape index (κ3) is 2.10. The SMILES string of the molecule is C=CC1CC(C)CC(C)NC1=O. The van der Waals surface area contributed by atoms with Gasteiger partial charge in [0.25, 0.3) is 0 Å². The normalized spacial score (nSPS) is 36.8. The van der Waals surface area contributed by atoms with E-state index < -0.39 is 0 Å². The highest BCUT2D eigenvalue weighted by Crippen LogP contribution is 2.21. The van der Waals surface area contributed by atoms with Crippen molar-refractivity contribution in [3.05, 3.63) is 12.7 Å². The molecule has 12 heavy (non-hydrogen) atoms. The first-order chi connectivity index (χ1) is 5.63. The summed E-state index contributed by atoms with van der Waals surface area (Å²) in [5.41, 5.74) is 0. The van der Waals surface area contributed by atoms with Crippen molar-refractivity contribution in [2.24, 2.45) is 11.8 Å². The van der Waals surface area contributed by atoms with E-state index in [9.17, 15) is 4.79 Å². The van der Waals surface area contributed by atoms with Crippen LogP contribution in [0.15, 0.2) is 12.7 Å². The maximum Gasteiger partial charge on any atom is 0.227 e. The second-order valence-electron chi connectivity index (χ2n) is 3.83. The molecule has 1 amide bonds. The summed E-state index contributed by atoms with van der Waals surface area (Å²) >= 11 is 0. The third-order valence-electron chi connectivity index (χ3n) is 2.42. The topological polar surface area (TPSA) is 29.1 Å². The zero-order valence-corrected chi connectivity index (χ0v) is 7.84. The van der Waals surface area contributed by atoms with E-state index in [1.165, 1.54) is 0 Å². The van der Waals surface area contributed by atoms with Crippen LogP contribution in [0.2, 0.25) is 0 Å². The smallest absolute Gasteiger partial charge is 0.227 e. The standard InChI is InChI=1S/C10H17NO/c1-4-9-6-7(2)5-8(3)11-10(9)12/h4,7-9H,1,5-6H2,2-3H3,(H,11,12). The van der Waals surface area contributed by atoms with Gasteiger partial charge in [-0.3, -0.25) is 4.79 Å². The molecule has 68 valence electrons. The van der Waals surface area contributed by atoms with Crippen molar-refractivity contribution >= 4 is 5.91 Å². The van der Waals surface area contributed by atoms with E-state index in [4.69, 9.17) is 0 Å². The minimum atomic E-state index is 0.0185. The molecule has 0 bridgehead atoms. The molecule has 0 aromatic rings. The zero-order valence-electron chi connectivity index (χ0n) is 7.84. The second kappa shape index (κ2) is 3.74. The van der Waals surface area contributed by atoms with Gasteiger partial charge in [-0.05, 0) is 25.7 Å². The summed E-state index contributed by atoms with van der Waals surface area (Å²) in [5, 5.41) is 2.96. The number of nitrogens with one attached hydrogen (secondary N) is 1. The molecule has 0 spiro atoms. The molecule has 1 fully saturated rings. The number of hydrogen-bond donors (Lipinski definition) is 1. The number of carbonyl (C=O) groups is 1. The Bertz CT molecular complexity index is 188. The van der Waals surface area contributed by atoms with Crippen molar-refractivity contribution < 1.29 is 4.79 Å². The van der Waals surface area contributed by atoms with E-state index in [0.717, 1.165) is 12.8 Å². The molecule has 3 atom stereocenters. The molecule has 0 radical (unpaired) electrons. The second-order valence-corrected chi connectivity index (χ2v) is 3.83. The number of hydrogen-bond acceptors (Lipinski definition) is 1. The highest BCUT2D eigenvalue weighted by Gasteiger charge is 2.24. The van der Waals surface area contributed by atoms with Crippen LogP contribution >= 0.6 is 0 Å². The molecule has 0 aromatic carbocycles. The van der Waals surface area contributed by atoms with Crippen LogP contribution in [-0.2, 0) is 4.79 Å². The Labute approximate surface area is 74.0 Å². The Morgan fingerprint density at radius 1 is 1.50 bits per heavy atom. The monoisotopic (exact) mass is 167 g/mol. The van der Waals surface area contributed by atoms with E-state index in [0.29, 0.717) is 12.0 Å². The number of carbonyl (C=O) groups excluding carboxylic acids is 1. The molecule has 1 rings (SSSR count). The van der Waals surface area contributed by atoms with Crippen molar-refractivity contribution in [3.63, 3.8) is 0 Å². The van der Waals surface area contributed by atoms with Crippen molar-refractivity contribution in [3.8, 4) is 0 Å². The molecule has 1 N–H and O–H groups in total. The van der Waals surface area contributed by atoms with Crippen LogP contribution in [0, 0.1) is 11.8 Å². The van der Waals surface area contributed by atoms with Gasteiger partial charge in [0.15, 0.2) is 0 Å². The molecule has 0 aromatic heterocycles. The summed E-state index contributed by atoms with van der Waals surface area (Å²) in [6, 6.07) is 0.317. The predicted molar refractivity (Wildman–Crippen MR) is 49.7 cm³/mol. The fourth-order valence-corrected chi connectivity index (χ4v) is 1.85. The van der Waals surface area contributed by atoms with Gasteiger partial charge in [-0.2, -0.15) is 0 Å². The van der Waals surface area contributed by atoms with E-state index in [-0.39, 0.29) is 11.8 Å². The fraction of sp³-hybridized carbons (Fsp3) is 0.700. The van der Waals surface area contributed by atoms with Crippen LogP contribution in [0.3, 0.4) is 0 Å². The van der Waals surface area contributed by atoms with Gasteiger partial charge in [0.05, 0.1) is 5.92 Å². The van der Waals surface area contributed by atoms with Crippen LogP contribution in [-0.4, -0.2) is 11.9 Å². The van der Waals surface area contributed by atoms with Gasteiger partial charge in [-0.25, -0.2) is 0 Å². The lowest BCUT2D eigenvalue weighted by Gasteiger charge is -2.11. The van der Waals surface area contributed by atoms with E-state index >= 15 is 0 Å². The summed E-state index contributed by atoms with van der Waals surface area (Å²) in [6.07, 6.45) is 3.78. The lowest BCUT2D eigenvalue weighted by atomic mass is 9.94. The van der Waals surface area contributed by atoms with Crippen LogP contribution in [0.5, 0.6) is 0 Å². The largest absolute Gasteiger partial charge is 0.353 e. The Hall–Kier alpha value is -0.790. The van der Waals surface area contributed by atoms with Gasteiger partial charge in [0, 0.05) is 6.04 Å². The molecule has 1 saturated heterocycles. The van der Waals surface area contributed by atoms with Crippen molar-refractivity contribution in [1.82, 2.24) is 5.32 Å². The summed E-state index contributed by atoms with van der Waals surface area (Å²) in [5.74, 6) is 0.772. The van der Waals surface area contributed by atoms with Crippen molar-refractivity contribution in [2.45, 2.75) is 32.7 Å². The van der Waals surface area contributed by atoms with Crippen molar-refractivity contribution in [1.29, 1.82) is 0 Å². The molecule has 0 aliphatic carbocycles. The lowest BCUT2D eigenvalue weighted by molar-refractivity contribution is -0.123. The number of amides is 1. The third-order valence-corrected chi connectivity index (χ3v) is 2.42. The Kier molecular flexibility index (Phi) is 2.90. The maximum absolute atomic E-state index is 11.4. The van der Waals surface area contributed by atoms with E-state index in [1.54, 1.807) is 6.08 Å². The zero-order chi connectivity index (χ0) is 9.14. The number of rotatable bonds is 1. The molecule has 2 nitrogen and oxygen atoms in total. The average molecular weight is 167 g/mol. The van der Waals surface area contributed by atoms with Gasteiger partial charge < -0.3 is 5.32 Å². The van der Waals surface area contributed by atoms with Gasteiger partial charge in [0.1, 0.15) is 0 Å². The summed E-state index contributed by atoms with van der Waals surface area (Å²) in [7, 11) is 0. The average Bonchev–Trinajstić information content (AvgIpc) is 2.09. The summed E-state index contributed by atoms with van der Waals surface area (Å²) in [4.78, 5) is 11.4. The molecule has 0 saturated carbocycles. The Morgan fingerprint density at radius 3 is 2.75 bits per heavy atom. The Morgan fingerprint density at radius 2 is 2.17 bits per heavy atom. The van der Waals surface area contributed by atoms with Crippen molar-refractivity contribution in [2.75, 3.05) is 0 Å². The Balaban J connectivity index is 2.67. The lowest BCUT2D eigenvalue weighted by Crippen LogP contribution is -2.33. The molecular formula is C10H17NO.